The van der Waals surface area contributed by atoms with Crippen molar-refractivity contribution in [1.82, 2.24) is 0 Å². The van der Waals surface area contributed by atoms with Crippen molar-refractivity contribution in [3.63, 3.8) is 0 Å². The summed E-state index contributed by atoms with van der Waals surface area (Å²) in [6.45, 7) is 0.534. The van der Waals surface area contributed by atoms with Crippen LogP contribution in [0.5, 0.6) is 11.5 Å². The lowest BCUT2D eigenvalue weighted by Crippen LogP contribution is -2.03. The summed E-state index contributed by atoms with van der Waals surface area (Å²) >= 11 is 6.14. The number of hydrogen-bond donors (Lipinski definition) is 1. The van der Waals surface area contributed by atoms with E-state index in [2.05, 4.69) is 11.4 Å². The highest BCUT2D eigenvalue weighted by molar-refractivity contribution is 6.33. The number of nitrogens with one attached hydrogen (secondary N) is 1. The van der Waals surface area contributed by atoms with Gasteiger partial charge >= 0.3 is 0 Å². The quantitative estimate of drug-likeness (QED) is 0.911. The summed E-state index contributed by atoms with van der Waals surface area (Å²) in [4.78, 5) is 0. The SMILES string of the molecule is COc1ccc(OC)c(CNc2ccc(C#N)cc2Cl)c1. The van der Waals surface area contributed by atoms with Gasteiger partial charge in [0.2, 0.25) is 0 Å². The molecule has 0 saturated carbocycles. The molecule has 5 heteroatoms. The average molecular weight is 303 g/mol. The lowest BCUT2D eigenvalue weighted by Gasteiger charge is -2.13. The number of benzene rings is 2. The second-order valence-corrected chi connectivity index (χ2v) is 4.74. The number of anilines is 1. The van der Waals surface area contributed by atoms with Gasteiger partial charge in [0, 0.05) is 12.1 Å². The zero-order valence-electron chi connectivity index (χ0n) is 11.8. The second kappa shape index (κ2) is 6.87. The highest BCUT2D eigenvalue weighted by atomic mass is 35.5. The molecule has 108 valence electrons. The molecule has 0 aliphatic heterocycles. The van der Waals surface area contributed by atoms with Gasteiger partial charge in [0.25, 0.3) is 0 Å². The highest BCUT2D eigenvalue weighted by Crippen LogP contribution is 2.27. The van der Waals surface area contributed by atoms with Gasteiger partial charge in [-0.05, 0) is 36.4 Å². The molecule has 0 spiro atoms. The first-order valence-electron chi connectivity index (χ1n) is 6.32. The highest BCUT2D eigenvalue weighted by Gasteiger charge is 2.07. The molecule has 0 aliphatic rings. The zero-order valence-corrected chi connectivity index (χ0v) is 12.6. The van der Waals surface area contributed by atoms with Crippen LogP contribution >= 0.6 is 11.6 Å². The Morgan fingerprint density at radius 2 is 1.95 bits per heavy atom. The molecule has 0 unspecified atom stereocenters. The standard InChI is InChI=1S/C16H15ClN2O2/c1-20-13-4-6-16(21-2)12(8-13)10-19-15-5-3-11(9-18)7-14(15)17/h3-8,19H,10H2,1-2H3. The molecule has 0 amide bonds. The molecular weight excluding hydrogens is 288 g/mol. The van der Waals surface area contributed by atoms with E-state index in [9.17, 15) is 0 Å². The first kappa shape index (κ1) is 15.0. The molecule has 0 saturated heterocycles. The van der Waals surface area contributed by atoms with Crippen LogP contribution in [0.3, 0.4) is 0 Å². The van der Waals surface area contributed by atoms with Gasteiger partial charge in [-0.25, -0.2) is 0 Å². The molecule has 2 aromatic rings. The van der Waals surface area contributed by atoms with Crippen LogP contribution in [0.1, 0.15) is 11.1 Å². The normalized spacial score (nSPS) is 9.81. The molecule has 2 aromatic carbocycles. The van der Waals surface area contributed by atoms with Crippen LogP contribution in [-0.2, 0) is 6.54 Å². The third-order valence-corrected chi connectivity index (χ3v) is 3.37. The Labute approximate surface area is 128 Å². The lowest BCUT2D eigenvalue weighted by atomic mass is 10.1. The number of halogens is 1. The maximum Gasteiger partial charge on any atom is 0.124 e. The van der Waals surface area contributed by atoms with Crippen molar-refractivity contribution in [3.05, 3.63) is 52.5 Å². The second-order valence-electron chi connectivity index (χ2n) is 4.34. The minimum absolute atomic E-state index is 0.510. The summed E-state index contributed by atoms with van der Waals surface area (Å²) in [7, 11) is 3.25. The fraction of sp³-hybridized carbons (Fsp3) is 0.188. The van der Waals surface area contributed by atoms with Crippen molar-refractivity contribution in [2.24, 2.45) is 0 Å². The maximum absolute atomic E-state index is 8.83. The number of ether oxygens (including phenoxy) is 2. The molecular formula is C16H15ClN2O2. The fourth-order valence-electron chi connectivity index (χ4n) is 1.94. The Morgan fingerprint density at radius 3 is 2.57 bits per heavy atom. The van der Waals surface area contributed by atoms with Gasteiger partial charge < -0.3 is 14.8 Å². The number of methoxy groups -OCH3 is 2. The van der Waals surface area contributed by atoms with Crippen LogP contribution in [-0.4, -0.2) is 14.2 Å². The smallest absolute Gasteiger partial charge is 0.124 e. The van der Waals surface area contributed by atoms with E-state index in [-0.39, 0.29) is 0 Å². The van der Waals surface area contributed by atoms with Crippen molar-refractivity contribution in [2.75, 3.05) is 19.5 Å². The minimum Gasteiger partial charge on any atom is -0.497 e. The Kier molecular flexibility index (Phi) is 4.91. The van der Waals surface area contributed by atoms with Crippen LogP contribution in [0, 0.1) is 11.3 Å². The van der Waals surface area contributed by atoms with Crippen LogP contribution in [0.2, 0.25) is 5.02 Å². The number of rotatable bonds is 5. The Hall–Kier alpha value is -2.38. The summed E-state index contributed by atoms with van der Waals surface area (Å²) in [5, 5.41) is 12.6. The van der Waals surface area contributed by atoms with Gasteiger partial charge in [0.05, 0.1) is 36.6 Å². The molecule has 0 heterocycles. The minimum atomic E-state index is 0.510. The van der Waals surface area contributed by atoms with Crippen molar-refractivity contribution in [1.29, 1.82) is 5.26 Å². The largest absolute Gasteiger partial charge is 0.497 e. The van der Waals surface area contributed by atoms with Crippen LogP contribution in [0.25, 0.3) is 0 Å². The van der Waals surface area contributed by atoms with E-state index in [1.54, 1.807) is 32.4 Å². The van der Waals surface area contributed by atoms with Gasteiger partial charge in [-0.15, -0.1) is 0 Å². The monoisotopic (exact) mass is 302 g/mol. The topological polar surface area (TPSA) is 54.3 Å². The van der Waals surface area contributed by atoms with Gasteiger partial charge in [0.1, 0.15) is 11.5 Å². The van der Waals surface area contributed by atoms with Crippen molar-refractivity contribution >= 4 is 17.3 Å². The predicted octanol–water partition coefficient (Wildman–Crippen LogP) is 3.84. The van der Waals surface area contributed by atoms with E-state index in [0.717, 1.165) is 22.7 Å². The number of nitriles is 1. The van der Waals surface area contributed by atoms with E-state index in [1.807, 2.05) is 18.2 Å². The number of nitrogens with zero attached hydrogens (tertiary/aromatic N) is 1. The van der Waals surface area contributed by atoms with Gasteiger partial charge in [0.15, 0.2) is 0 Å². The van der Waals surface area contributed by atoms with E-state index < -0.39 is 0 Å². The van der Waals surface area contributed by atoms with Crippen molar-refractivity contribution in [3.8, 4) is 17.6 Å². The molecule has 0 radical (unpaired) electrons. The average Bonchev–Trinajstić information content (AvgIpc) is 2.53. The molecule has 0 bridgehead atoms. The maximum atomic E-state index is 8.83. The Balaban J connectivity index is 2.18. The van der Waals surface area contributed by atoms with Crippen molar-refractivity contribution in [2.45, 2.75) is 6.54 Å². The number of hydrogen-bond acceptors (Lipinski definition) is 4. The molecule has 0 atom stereocenters. The summed E-state index contributed by atoms with van der Waals surface area (Å²) in [5.41, 5.74) is 2.25. The molecule has 4 nitrogen and oxygen atoms in total. The zero-order chi connectivity index (χ0) is 15.2. The Bertz CT molecular complexity index is 680. The summed E-state index contributed by atoms with van der Waals surface area (Å²) in [5.74, 6) is 1.53. The van der Waals surface area contributed by atoms with Gasteiger partial charge in [-0.1, -0.05) is 11.6 Å². The lowest BCUT2D eigenvalue weighted by molar-refractivity contribution is 0.399. The van der Waals surface area contributed by atoms with E-state index in [1.165, 1.54) is 0 Å². The third-order valence-electron chi connectivity index (χ3n) is 3.06. The summed E-state index contributed by atoms with van der Waals surface area (Å²) < 4.78 is 10.5. The van der Waals surface area contributed by atoms with Crippen LogP contribution < -0.4 is 14.8 Å². The van der Waals surface area contributed by atoms with Crippen LogP contribution in [0.4, 0.5) is 5.69 Å². The first-order chi connectivity index (χ1) is 10.2. The molecule has 0 fully saturated rings. The van der Waals surface area contributed by atoms with Crippen LogP contribution in [0.15, 0.2) is 36.4 Å². The molecule has 0 aliphatic carbocycles. The summed E-state index contributed by atoms with van der Waals surface area (Å²) in [6, 6.07) is 12.8. The summed E-state index contributed by atoms with van der Waals surface area (Å²) in [6.07, 6.45) is 0. The predicted molar refractivity (Wildman–Crippen MR) is 83.0 cm³/mol. The first-order valence-corrected chi connectivity index (χ1v) is 6.70. The van der Waals surface area contributed by atoms with Crippen molar-refractivity contribution < 1.29 is 9.47 Å². The molecule has 1 N–H and O–H groups in total. The molecule has 21 heavy (non-hydrogen) atoms. The van der Waals surface area contributed by atoms with Gasteiger partial charge in [-0.2, -0.15) is 5.26 Å². The Morgan fingerprint density at radius 1 is 1.14 bits per heavy atom. The van der Waals surface area contributed by atoms with E-state index >= 15 is 0 Å². The fourth-order valence-corrected chi connectivity index (χ4v) is 2.19. The molecule has 0 aromatic heterocycles. The molecule has 2 rings (SSSR count). The van der Waals surface area contributed by atoms with E-state index in [0.29, 0.717) is 17.1 Å². The third kappa shape index (κ3) is 3.59. The van der Waals surface area contributed by atoms with E-state index in [4.69, 9.17) is 26.3 Å². The van der Waals surface area contributed by atoms with Gasteiger partial charge in [-0.3, -0.25) is 0 Å².